The molecule has 1 rings (SSSR count). The smallest absolute Gasteiger partial charge is 0.126 e. The average Bonchev–Trinajstić information content (AvgIpc) is 3.02. The molecule has 1 aliphatic rings. The van der Waals surface area contributed by atoms with Crippen LogP contribution in [0, 0.1) is 11.8 Å². The molecular weight excluding hydrogens is 206 g/mol. The van der Waals surface area contributed by atoms with Gasteiger partial charge >= 0.3 is 0 Å². The summed E-state index contributed by atoms with van der Waals surface area (Å²) in [5.74, 6) is 1.33. The maximum atomic E-state index is 6.20. The Morgan fingerprint density at radius 2 is 2.07 bits per heavy atom. The fourth-order valence-electron chi connectivity index (χ4n) is 2.06. The first kappa shape index (κ1) is 12.8. The lowest BCUT2D eigenvalue weighted by molar-refractivity contribution is 0.595. The molecule has 0 N–H and O–H groups in total. The van der Waals surface area contributed by atoms with Crippen LogP contribution >= 0.6 is 11.6 Å². The van der Waals surface area contributed by atoms with Crippen molar-refractivity contribution >= 4 is 16.8 Å². The highest BCUT2D eigenvalue weighted by Crippen LogP contribution is 2.41. The van der Waals surface area contributed by atoms with Crippen LogP contribution in [0.4, 0.5) is 0 Å². The van der Waals surface area contributed by atoms with E-state index in [4.69, 9.17) is 11.6 Å². The van der Waals surface area contributed by atoms with Gasteiger partial charge < -0.3 is 0 Å². The number of allylic oxidation sites excluding steroid dienone is 2. The van der Waals surface area contributed by atoms with Crippen LogP contribution in [0.1, 0.15) is 46.5 Å². The molecule has 0 heterocycles. The van der Waals surface area contributed by atoms with Gasteiger partial charge in [-0.2, -0.15) is 0 Å². The minimum Gasteiger partial charge on any atom is -0.276 e. The topological polar surface area (TPSA) is 12.4 Å². The molecular formula is C13H22ClN. The summed E-state index contributed by atoms with van der Waals surface area (Å²) in [6.45, 7) is 6.75. The molecule has 1 nitrogen and oxygen atoms in total. The molecule has 2 heteroatoms. The normalized spacial score (nSPS) is 21.3. The predicted octanol–water partition coefficient (Wildman–Crippen LogP) is 4.42. The van der Waals surface area contributed by atoms with Crippen LogP contribution in [-0.2, 0) is 0 Å². The molecule has 0 aromatic rings. The van der Waals surface area contributed by atoms with Crippen LogP contribution in [-0.4, -0.2) is 12.2 Å². The molecule has 0 unspecified atom stereocenters. The number of halogens is 1. The molecule has 1 aliphatic carbocycles. The summed E-state index contributed by atoms with van der Waals surface area (Å²) in [4.78, 5) is 4.14. The van der Waals surface area contributed by atoms with E-state index in [1.807, 2.05) is 0 Å². The molecule has 1 atom stereocenters. The summed E-state index contributed by atoms with van der Waals surface area (Å²) in [5.41, 5.74) is 2.79. The Labute approximate surface area is 98.6 Å². The largest absolute Gasteiger partial charge is 0.276 e. The summed E-state index contributed by atoms with van der Waals surface area (Å²) < 4.78 is 0. The van der Waals surface area contributed by atoms with E-state index in [1.54, 1.807) is 7.05 Å². The van der Waals surface area contributed by atoms with Crippen molar-refractivity contribution in [2.45, 2.75) is 46.5 Å². The monoisotopic (exact) mass is 227 g/mol. The molecule has 0 aliphatic heterocycles. The second-order valence-electron chi connectivity index (χ2n) is 4.58. The molecule has 1 fully saturated rings. The molecule has 15 heavy (non-hydrogen) atoms. The minimum absolute atomic E-state index is 0.640. The quantitative estimate of drug-likeness (QED) is 0.617. The molecule has 0 amide bonds. The highest BCUT2D eigenvalue weighted by Gasteiger charge is 2.30. The predicted molar refractivity (Wildman–Crippen MR) is 68.7 cm³/mol. The Morgan fingerprint density at radius 1 is 1.47 bits per heavy atom. The van der Waals surface area contributed by atoms with Gasteiger partial charge in [-0.3, -0.25) is 4.99 Å². The summed E-state index contributed by atoms with van der Waals surface area (Å²) in [6, 6.07) is 0. The second kappa shape index (κ2) is 5.69. The van der Waals surface area contributed by atoms with E-state index in [0.29, 0.717) is 11.8 Å². The third-order valence-electron chi connectivity index (χ3n) is 3.29. The molecule has 0 aromatic carbocycles. The summed E-state index contributed by atoms with van der Waals surface area (Å²) >= 11 is 6.20. The number of hydrogen-bond acceptors (Lipinski definition) is 1. The first-order valence-corrected chi connectivity index (χ1v) is 6.32. The van der Waals surface area contributed by atoms with Crippen LogP contribution in [0.25, 0.3) is 0 Å². The van der Waals surface area contributed by atoms with Gasteiger partial charge in [0.2, 0.25) is 0 Å². The third-order valence-corrected chi connectivity index (χ3v) is 3.66. The number of hydrogen-bond donors (Lipinski definition) is 0. The summed E-state index contributed by atoms with van der Waals surface area (Å²) in [5, 5.41) is 0.734. The highest BCUT2D eigenvalue weighted by molar-refractivity contribution is 6.69. The standard InChI is InChI=1S/C13H22ClN/c1-5-6-9(2)10(3)12(11-7-8-11)13(14)15-4/h9,11H,5-8H2,1-4H3/b12-10-,15-13?/t9-/m0/s1. The van der Waals surface area contributed by atoms with Crippen LogP contribution in [0.5, 0.6) is 0 Å². The van der Waals surface area contributed by atoms with Crippen LogP contribution in [0.3, 0.4) is 0 Å². The lowest BCUT2D eigenvalue weighted by Crippen LogP contribution is -2.07. The van der Waals surface area contributed by atoms with Crippen molar-refractivity contribution in [2.75, 3.05) is 7.05 Å². The van der Waals surface area contributed by atoms with Gasteiger partial charge in [0.1, 0.15) is 5.17 Å². The minimum atomic E-state index is 0.640. The molecule has 0 bridgehead atoms. The van der Waals surface area contributed by atoms with E-state index in [2.05, 4.69) is 25.8 Å². The lowest BCUT2D eigenvalue weighted by Gasteiger charge is -2.16. The van der Waals surface area contributed by atoms with Gasteiger partial charge in [0.05, 0.1) is 0 Å². The Hall–Kier alpha value is -0.300. The van der Waals surface area contributed by atoms with Crippen molar-refractivity contribution in [3.05, 3.63) is 11.1 Å². The lowest BCUT2D eigenvalue weighted by atomic mass is 9.91. The van der Waals surface area contributed by atoms with Crippen molar-refractivity contribution in [1.82, 2.24) is 0 Å². The zero-order valence-electron chi connectivity index (χ0n) is 10.3. The number of rotatable bonds is 5. The zero-order valence-corrected chi connectivity index (χ0v) is 11.1. The van der Waals surface area contributed by atoms with Crippen molar-refractivity contribution in [3.8, 4) is 0 Å². The number of nitrogens with zero attached hydrogens (tertiary/aromatic N) is 1. The first-order valence-electron chi connectivity index (χ1n) is 5.95. The van der Waals surface area contributed by atoms with Gasteiger partial charge in [-0.15, -0.1) is 0 Å². The van der Waals surface area contributed by atoms with Gasteiger partial charge in [-0.1, -0.05) is 37.4 Å². The third kappa shape index (κ3) is 3.34. The van der Waals surface area contributed by atoms with E-state index in [9.17, 15) is 0 Å². The molecule has 0 saturated heterocycles. The van der Waals surface area contributed by atoms with Crippen molar-refractivity contribution in [3.63, 3.8) is 0 Å². The highest BCUT2D eigenvalue weighted by atomic mass is 35.5. The van der Waals surface area contributed by atoms with Crippen molar-refractivity contribution in [1.29, 1.82) is 0 Å². The van der Waals surface area contributed by atoms with Crippen molar-refractivity contribution < 1.29 is 0 Å². The molecule has 0 spiro atoms. The van der Waals surface area contributed by atoms with Crippen LogP contribution < -0.4 is 0 Å². The van der Waals surface area contributed by atoms with Gasteiger partial charge in [-0.25, -0.2) is 0 Å². The van der Waals surface area contributed by atoms with Gasteiger partial charge in [0.15, 0.2) is 0 Å². The Bertz CT molecular complexity index is 274. The Kier molecular flexibility index (Phi) is 4.85. The fraction of sp³-hybridized carbons (Fsp3) is 0.769. The fourth-order valence-corrected chi connectivity index (χ4v) is 2.36. The van der Waals surface area contributed by atoms with Gasteiger partial charge in [0, 0.05) is 7.05 Å². The molecule has 0 radical (unpaired) electrons. The van der Waals surface area contributed by atoms with E-state index < -0.39 is 0 Å². The average molecular weight is 228 g/mol. The van der Waals surface area contributed by atoms with Crippen molar-refractivity contribution in [2.24, 2.45) is 16.8 Å². The number of aliphatic imine (C=N–C) groups is 1. The summed E-state index contributed by atoms with van der Waals surface area (Å²) in [7, 11) is 1.78. The first-order chi connectivity index (χ1) is 7.11. The maximum Gasteiger partial charge on any atom is 0.126 e. The van der Waals surface area contributed by atoms with Crippen LogP contribution in [0.2, 0.25) is 0 Å². The van der Waals surface area contributed by atoms with Gasteiger partial charge in [0.25, 0.3) is 0 Å². The molecule has 0 aromatic heterocycles. The molecule has 1 saturated carbocycles. The van der Waals surface area contributed by atoms with Gasteiger partial charge in [-0.05, 0) is 43.6 Å². The molecule has 86 valence electrons. The van der Waals surface area contributed by atoms with E-state index in [0.717, 1.165) is 5.17 Å². The van der Waals surface area contributed by atoms with E-state index >= 15 is 0 Å². The van der Waals surface area contributed by atoms with E-state index in [1.165, 1.54) is 36.8 Å². The van der Waals surface area contributed by atoms with Crippen LogP contribution in [0.15, 0.2) is 16.1 Å². The zero-order chi connectivity index (χ0) is 11.4. The summed E-state index contributed by atoms with van der Waals surface area (Å²) in [6.07, 6.45) is 5.06. The second-order valence-corrected chi connectivity index (χ2v) is 4.93. The SMILES string of the molecule is CCC[C@H](C)/C(C)=C(\C(Cl)=NC)C1CC1. The Morgan fingerprint density at radius 3 is 2.47 bits per heavy atom. The maximum absolute atomic E-state index is 6.20. The Balaban J connectivity index is 2.88. The van der Waals surface area contributed by atoms with E-state index in [-0.39, 0.29) is 0 Å².